The molecule has 24 heavy (non-hydrogen) atoms. The summed E-state index contributed by atoms with van der Waals surface area (Å²) in [4.78, 5) is 28.7. The predicted molar refractivity (Wildman–Crippen MR) is 90.5 cm³/mol. The Morgan fingerprint density at radius 1 is 1.29 bits per heavy atom. The van der Waals surface area contributed by atoms with Crippen molar-refractivity contribution in [3.63, 3.8) is 0 Å². The van der Waals surface area contributed by atoms with Gasteiger partial charge in [-0.2, -0.15) is 0 Å². The minimum absolute atomic E-state index is 0.00650. The van der Waals surface area contributed by atoms with Crippen LogP contribution in [0.15, 0.2) is 35.5 Å². The van der Waals surface area contributed by atoms with Crippen molar-refractivity contribution < 1.29 is 14.3 Å². The van der Waals surface area contributed by atoms with Gasteiger partial charge in [-0.1, -0.05) is 19.1 Å². The maximum atomic E-state index is 13.0. The number of hydrogen-bond donors (Lipinski definition) is 1. The summed E-state index contributed by atoms with van der Waals surface area (Å²) in [5.41, 5.74) is 2.34. The number of likely N-dealkylation sites (N-methyl/N-ethyl adjacent to an activating group) is 1. The molecule has 0 aromatic heterocycles. The fourth-order valence-corrected chi connectivity index (χ4v) is 3.21. The van der Waals surface area contributed by atoms with Crippen LogP contribution in [0.3, 0.4) is 0 Å². The summed E-state index contributed by atoms with van der Waals surface area (Å²) in [6, 6.07) is 6.99. The van der Waals surface area contributed by atoms with E-state index in [1.807, 2.05) is 36.1 Å². The van der Waals surface area contributed by atoms with Crippen LogP contribution in [0.25, 0.3) is 0 Å². The second kappa shape index (κ2) is 6.19. The van der Waals surface area contributed by atoms with E-state index in [0.717, 1.165) is 23.4 Å². The first-order valence-corrected chi connectivity index (χ1v) is 8.20. The van der Waals surface area contributed by atoms with Gasteiger partial charge in [0.1, 0.15) is 5.75 Å². The van der Waals surface area contributed by atoms with Crippen LogP contribution in [0, 0.1) is 0 Å². The van der Waals surface area contributed by atoms with Gasteiger partial charge in [0.2, 0.25) is 0 Å². The van der Waals surface area contributed by atoms with Crippen molar-refractivity contribution in [2.75, 3.05) is 20.7 Å². The van der Waals surface area contributed by atoms with E-state index in [2.05, 4.69) is 12.2 Å². The summed E-state index contributed by atoms with van der Waals surface area (Å²) in [6.07, 6.45) is 0.880. The summed E-state index contributed by atoms with van der Waals surface area (Å²) in [5.74, 6) is 0.748. The van der Waals surface area contributed by atoms with Crippen molar-refractivity contribution in [1.82, 2.24) is 15.1 Å². The number of nitrogens with one attached hydrogen (secondary N) is 1. The molecule has 0 saturated heterocycles. The fraction of sp³-hybridized carbons (Fsp3) is 0.444. The number of carbonyl (C=O) groups is 2. The second-order valence-electron chi connectivity index (χ2n) is 6.27. The molecule has 0 saturated carbocycles. The Balaban J connectivity index is 2.00. The number of nitrogens with zero attached hydrogens (tertiary/aromatic N) is 2. The third-order valence-corrected chi connectivity index (χ3v) is 4.96. The van der Waals surface area contributed by atoms with Gasteiger partial charge in [-0.25, -0.2) is 4.79 Å². The lowest BCUT2D eigenvalue weighted by Gasteiger charge is -2.31. The average molecular weight is 329 g/mol. The van der Waals surface area contributed by atoms with Gasteiger partial charge in [-0.05, 0) is 31.0 Å². The lowest BCUT2D eigenvalue weighted by atomic mass is 9.95. The van der Waals surface area contributed by atoms with Gasteiger partial charge in [0.25, 0.3) is 5.91 Å². The number of carbonyl (C=O) groups excluding carboxylic acids is 2. The van der Waals surface area contributed by atoms with E-state index < -0.39 is 6.04 Å². The molecule has 2 aliphatic rings. The quantitative estimate of drug-likeness (QED) is 0.922. The molecule has 2 heterocycles. The number of amides is 3. The molecular weight excluding hydrogens is 306 g/mol. The van der Waals surface area contributed by atoms with E-state index >= 15 is 0 Å². The van der Waals surface area contributed by atoms with Crippen LogP contribution in [0.5, 0.6) is 5.75 Å². The first-order valence-electron chi connectivity index (χ1n) is 8.20. The molecule has 6 nitrogen and oxygen atoms in total. The SMILES string of the molecule is CC[C@@H](C)N1CC2=C(C1=O)[C@H](c1ccc(OC)cc1)NC(=O)N2C. The monoisotopic (exact) mass is 329 g/mol. The summed E-state index contributed by atoms with van der Waals surface area (Å²) >= 11 is 0. The number of hydrogen-bond acceptors (Lipinski definition) is 3. The lowest BCUT2D eigenvalue weighted by molar-refractivity contribution is -0.127. The molecule has 128 valence electrons. The molecule has 6 heteroatoms. The number of rotatable bonds is 4. The van der Waals surface area contributed by atoms with Crippen LogP contribution in [0.4, 0.5) is 4.79 Å². The first-order chi connectivity index (χ1) is 11.5. The molecule has 0 unspecified atom stereocenters. The number of methoxy groups -OCH3 is 1. The van der Waals surface area contributed by atoms with E-state index in [0.29, 0.717) is 12.1 Å². The van der Waals surface area contributed by atoms with Gasteiger partial charge in [0, 0.05) is 13.1 Å². The molecule has 0 spiro atoms. The molecule has 3 rings (SSSR count). The molecule has 0 fully saturated rings. The average Bonchev–Trinajstić information content (AvgIpc) is 2.95. The van der Waals surface area contributed by atoms with Gasteiger partial charge in [0.05, 0.1) is 31.0 Å². The Morgan fingerprint density at radius 2 is 1.96 bits per heavy atom. The van der Waals surface area contributed by atoms with E-state index in [-0.39, 0.29) is 18.0 Å². The van der Waals surface area contributed by atoms with Crippen molar-refractivity contribution in [2.24, 2.45) is 0 Å². The second-order valence-corrected chi connectivity index (χ2v) is 6.27. The van der Waals surface area contributed by atoms with E-state index in [9.17, 15) is 9.59 Å². The van der Waals surface area contributed by atoms with Crippen molar-refractivity contribution >= 4 is 11.9 Å². The number of ether oxygens (including phenoxy) is 1. The number of urea groups is 1. The zero-order valence-corrected chi connectivity index (χ0v) is 14.5. The van der Waals surface area contributed by atoms with Crippen LogP contribution in [0.2, 0.25) is 0 Å². The molecular formula is C18H23N3O3. The molecule has 1 N–H and O–H groups in total. The summed E-state index contributed by atoms with van der Waals surface area (Å²) in [6.45, 7) is 4.58. The van der Waals surface area contributed by atoms with Crippen LogP contribution < -0.4 is 10.1 Å². The lowest BCUT2D eigenvalue weighted by Crippen LogP contribution is -2.45. The van der Waals surface area contributed by atoms with Crippen LogP contribution in [-0.2, 0) is 4.79 Å². The Morgan fingerprint density at radius 3 is 2.54 bits per heavy atom. The Labute approximate surface area is 142 Å². The minimum Gasteiger partial charge on any atom is -0.497 e. The summed E-state index contributed by atoms with van der Waals surface area (Å²) < 4.78 is 5.18. The predicted octanol–water partition coefficient (Wildman–Crippen LogP) is 2.29. The minimum atomic E-state index is -0.420. The highest BCUT2D eigenvalue weighted by molar-refractivity contribution is 6.01. The third-order valence-electron chi connectivity index (χ3n) is 4.96. The largest absolute Gasteiger partial charge is 0.497 e. The maximum Gasteiger partial charge on any atom is 0.322 e. The standard InChI is InChI=1S/C18H23N3O3/c1-5-11(2)21-10-14-15(17(21)22)16(19-18(23)20(14)3)12-6-8-13(24-4)9-7-12/h6-9,11,16H,5,10H2,1-4H3,(H,19,23)/t11-,16+/m1/s1. The molecule has 1 aromatic carbocycles. The third kappa shape index (κ3) is 2.52. The molecule has 3 amide bonds. The van der Waals surface area contributed by atoms with Crippen LogP contribution >= 0.6 is 0 Å². The molecule has 2 aliphatic heterocycles. The van der Waals surface area contributed by atoms with Gasteiger partial charge >= 0.3 is 6.03 Å². The van der Waals surface area contributed by atoms with Crippen molar-refractivity contribution in [3.05, 3.63) is 41.1 Å². The first kappa shape index (κ1) is 16.4. The summed E-state index contributed by atoms with van der Waals surface area (Å²) in [5, 5.41) is 2.94. The van der Waals surface area contributed by atoms with Gasteiger partial charge in [-0.15, -0.1) is 0 Å². The topological polar surface area (TPSA) is 61.9 Å². The molecule has 0 bridgehead atoms. The smallest absolute Gasteiger partial charge is 0.322 e. The maximum absolute atomic E-state index is 13.0. The van der Waals surface area contributed by atoms with Crippen LogP contribution in [-0.4, -0.2) is 48.5 Å². The highest BCUT2D eigenvalue weighted by atomic mass is 16.5. The highest BCUT2D eigenvalue weighted by Gasteiger charge is 2.43. The zero-order chi connectivity index (χ0) is 17.4. The van der Waals surface area contributed by atoms with Gasteiger partial charge < -0.3 is 15.0 Å². The molecule has 0 aliphatic carbocycles. The van der Waals surface area contributed by atoms with E-state index in [1.165, 1.54) is 0 Å². The number of benzene rings is 1. The Hall–Kier alpha value is -2.50. The Bertz CT molecular complexity index is 696. The van der Waals surface area contributed by atoms with E-state index in [4.69, 9.17) is 4.74 Å². The fourth-order valence-electron chi connectivity index (χ4n) is 3.21. The molecule has 1 aromatic rings. The zero-order valence-electron chi connectivity index (χ0n) is 14.5. The van der Waals surface area contributed by atoms with Crippen molar-refractivity contribution in [3.8, 4) is 5.75 Å². The van der Waals surface area contributed by atoms with Gasteiger partial charge in [0.15, 0.2) is 0 Å². The normalized spacial score (nSPS) is 21.8. The summed E-state index contributed by atoms with van der Waals surface area (Å²) in [7, 11) is 3.32. The van der Waals surface area contributed by atoms with Crippen molar-refractivity contribution in [2.45, 2.75) is 32.4 Å². The van der Waals surface area contributed by atoms with E-state index in [1.54, 1.807) is 19.1 Å². The Kier molecular flexibility index (Phi) is 4.22. The molecule has 0 radical (unpaired) electrons. The highest BCUT2D eigenvalue weighted by Crippen LogP contribution is 2.36. The van der Waals surface area contributed by atoms with Gasteiger partial charge in [-0.3, -0.25) is 9.69 Å². The molecule has 2 atom stereocenters. The van der Waals surface area contributed by atoms with Crippen molar-refractivity contribution in [1.29, 1.82) is 0 Å². The van der Waals surface area contributed by atoms with Crippen LogP contribution in [0.1, 0.15) is 31.9 Å².